The van der Waals surface area contributed by atoms with Gasteiger partial charge in [0.05, 0.1) is 16.9 Å². The van der Waals surface area contributed by atoms with Gasteiger partial charge in [-0.15, -0.1) is 0 Å². The number of hydrogen-bond acceptors (Lipinski definition) is 3. The van der Waals surface area contributed by atoms with E-state index in [4.69, 9.17) is 11.5 Å². The topological polar surface area (TPSA) is 81.1 Å². The molecule has 4 heteroatoms. The van der Waals surface area contributed by atoms with Crippen molar-refractivity contribution in [3.8, 4) is 0 Å². The van der Waals surface area contributed by atoms with E-state index < -0.39 is 5.91 Å². The molecule has 1 amide bonds. The first-order valence-corrected chi connectivity index (χ1v) is 6.56. The van der Waals surface area contributed by atoms with Gasteiger partial charge in [0.1, 0.15) is 0 Å². The van der Waals surface area contributed by atoms with Crippen molar-refractivity contribution in [3.05, 3.63) is 59.2 Å². The molecule has 5 N–H and O–H groups in total. The second-order valence-corrected chi connectivity index (χ2v) is 4.74. The van der Waals surface area contributed by atoms with Crippen LogP contribution in [0.15, 0.2) is 42.5 Å². The fourth-order valence-corrected chi connectivity index (χ4v) is 2.19. The van der Waals surface area contributed by atoms with Crippen LogP contribution in [0.1, 0.15) is 21.5 Å². The van der Waals surface area contributed by atoms with Gasteiger partial charge in [0.15, 0.2) is 0 Å². The molecule has 0 atom stereocenters. The van der Waals surface area contributed by atoms with Gasteiger partial charge < -0.3 is 16.8 Å². The van der Waals surface area contributed by atoms with E-state index in [1.165, 1.54) is 11.1 Å². The number of nitrogens with one attached hydrogen (secondary N) is 1. The number of carbonyl (C=O) groups is 1. The molecule has 4 nitrogen and oxygen atoms in total. The number of amides is 1. The number of rotatable bonds is 5. The first-order chi connectivity index (χ1) is 9.59. The summed E-state index contributed by atoms with van der Waals surface area (Å²) in [4.78, 5) is 11.4. The Morgan fingerprint density at radius 3 is 2.60 bits per heavy atom. The van der Waals surface area contributed by atoms with Gasteiger partial charge in [0.2, 0.25) is 0 Å². The molecule has 0 saturated carbocycles. The van der Waals surface area contributed by atoms with E-state index in [9.17, 15) is 4.79 Å². The highest BCUT2D eigenvalue weighted by atomic mass is 16.1. The monoisotopic (exact) mass is 269 g/mol. The number of primary amides is 1. The number of aryl methyl sites for hydroxylation is 1. The Balaban J connectivity index is 2.08. The number of para-hydroxylation sites is 1. The summed E-state index contributed by atoms with van der Waals surface area (Å²) in [6, 6.07) is 13.4. The highest BCUT2D eigenvalue weighted by Crippen LogP contribution is 2.23. The SMILES string of the molecule is Cc1ccccc1CCNc1c(N)cccc1C(N)=O. The second kappa shape index (κ2) is 6.10. The minimum absolute atomic E-state index is 0.426. The van der Waals surface area contributed by atoms with Crippen LogP contribution in [-0.2, 0) is 6.42 Å². The molecule has 0 aliphatic carbocycles. The summed E-state index contributed by atoms with van der Waals surface area (Å²) < 4.78 is 0. The second-order valence-electron chi connectivity index (χ2n) is 4.74. The Morgan fingerprint density at radius 2 is 1.90 bits per heavy atom. The van der Waals surface area contributed by atoms with Crippen molar-refractivity contribution in [2.75, 3.05) is 17.6 Å². The molecule has 0 radical (unpaired) electrons. The third-order valence-electron chi connectivity index (χ3n) is 3.32. The lowest BCUT2D eigenvalue weighted by Crippen LogP contribution is -2.17. The van der Waals surface area contributed by atoms with Crippen LogP contribution >= 0.6 is 0 Å². The standard InChI is InChI=1S/C16H19N3O/c1-11-5-2-3-6-12(11)9-10-19-15-13(16(18)20)7-4-8-14(15)17/h2-8,19H,9-10,17H2,1H3,(H2,18,20). The highest BCUT2D eigenvalue weighted by Gasteiger charge is 2.10. The van der Waals surface area contributed by atoms with Gasteiger partial charge >= 0.3 is 0 Å². The molecule has 0 aliphatic heterocycles. The average molecular weight is 269 g/mol. The molecule has 0 aliphatic rings. The van der Waals surface area contributed by atoms with Crippen LogP contribution in [0.25, 0.3) is 0 Å². The van der Waals surface area contributed by atoms with Crippen LogP contribution in [-0.4, -0.2) is 12.5 Å². The van der Waals surface area contributed by atoms with Crippen molar-refractivity contribution < 1.29 is 4.79 Å². The molecular formula is C16H19N3O. The van der Waals surface area contributed by atoms with Gasteiger partial charge in [-0.05, 0) is 36.6 Å². The third kappa shape index (κ3) is 3.09. The van der Waals surface area contributed by atoms with Gasteiger partial charge in [-0.2, -0.15) is 0 Å². The van der Waals surface area contributed by atoms with Crippen LogP contribution in [0.4, 0.5) is 11.4 Å². The fourth-order valence-electron chi connectivity index (χ4n) is 2.19. The predicted molar refractivity (Wildman–Crippen MR) is 82.7 cm³/mol. The molecule has 0 unspecified atom stereocenters. The maximum Gasteiger partial charge on any atom is 0.250 e. The van der Waals surface area contributed by atoms with E-state index in [0.717, 1.165) is 6.42 Å². The molecule has 2 aromatic rings. The summed E-state index contributed by atoms with van der Waals surface area (Å²) in [5.41, 5.74) is 15.4. The quantitative estimate of drug-likeness (QED) is 0.729. The van der Waals surface area contributed by atoms with E-state index >= 15 is 0 Å². The summed E-state index contributed by atoms with van der Waals surface area (Å²) in [5, 5.41) is 3.21. The lowest BCUT2D eigenvalue weighted by molar-refractivity contribution is 0.100. The lowest BCUT2D eigenvalue weighted by Gasteiger charge is -2.13. The molecule has 0 aromatic heterocycles. The number of carbonyl (C=O) groups excluding carboxylic acids is 1. The predicted octanol–water partition coefficient (Wildman–Crippen LogP) is 2.33. The number of hydrogen-bond donors (Lipinski definition) is 3. The Labute approximate surface area is 118 Å². The Hall–Kier alpha value is -2.49. The van der Waals surface area contributed by atoms with Crippen LogP contribution in [0, 0.1) is 6.92 Å². The fraction of sp³-hybridized carbons (Fsp3) is 0.188. The number of nitrogens with two attached hydrogens (primary N) is 2. The van der Waals surface area contributed by atoms with Crippen molar-refractivity contribution >= 4 is 17.3 Å². The molecule has 0 bridgehead atoms. The Kier molecular flexibility index (Phi) is 4.25. The van der Waals surface area contributed by atoms with Gasteiger partial charge in [0, 0.05) is 6.54 Å². The van der Waals surface area contributed by atoms with Crippen LogP contribution in [0.2, 0.25) is 0 Å². The number of nitrogen functional groups attached to an aromatic ring is 1. The van der Waals surface area contributed by atoms with E-state index in [0.29, 0.717) is 23.5 Å². The number of benzene rings is 2. The molecule has 104 valence electrons. The van der Waals surface area contributed by atoms with Gasteiger partial charge in [0.25, 0.3) is 5.91 Å². The van der Waals surface area contributed by atoms with Crippen molar-refractivity contribution in [2.24, 2.45) is 5.73 Å². The summed E-state index contributed by atoms with van der Waals surface area (Å²) >= 11 is 0. The minimum Gasteiger partial charge on any atom is -0.397 e. The van der Waals surface area contributed by atoms with Crippen LogP contribution < -0.4 is 16.8 Å². The molecule has 2 aromatic carbocycles. The molecule has 20 heavy (non-hydrogen) atoms. The zero-order valence-electron chi connectivity index (χ0n) is 11.5. The molecule has 0 fully saturated rings. The van der Waals surface area contributed by atoms with E-state index in [-0.39, 0.29) is 0 Å². The first-order valence-electron chi connectivity index (χ1n) is 6.56. The van der Waals surface area contributed by atoms with Gasteiger partial charge in [-0.3, -0.25) is 4.79 Å². The average Bonchev–Trinajstić information content (AvgIpc) is 2.42. The van der Waals surface area contributed by atoms with E-state index in [1.54, 1.807) is 18.2 Å². The smallest absolute Gasteiger partial charge is 0.250 e. The summed E-state index contributed by atoms with van der Waals surface area (Å²) in [7, 11) is 0. The summed E-state index contributed by atoms with van der Waals surface area (Å²) in [5.74, 6) is -0.476. The zero-order chi connectivity index (χ0) is 14.5. The van der Waals surface area contributed by atoms with Gasteiger partial charge in [-0.25, -0.2) is 0 Å². The third-order valence-corrected chi connectivity index (χ3v) is 3.32. The Bertz CT molecular complexity index is 623. The van der Waals surface area contributed by atoms with E-state index in [1.807, 2.05) is 12.1 Å². The maximum atomic E-state index is 11.4. The molecular weight excluding hydrogens is 250 g/mol. The molecule has 0 spiro atoms. The highest BCUT2D eigenvalue weighted by molar-refractivity contribution is 6.01. The minimum atomic E-state index is -0.476. The van der Waals surface area contributed by atoms with Crippen molar-refractivity contribution in [3.63, 3.8) is 0 Å². The zero-order valence-corrected chi connectivity index (χ0v) is 11.5. The van der Waals surface area contributed by atoms with Crippen LogP contribution in [0.3, 0.4) is 0 Å². The summed E-state index contributed by atoms with van der Waals surface area (Å²) in [6.07, 6.45) is 0.860. The largest absolute Gasteiger partial charge is 0.397 e. The molecule has 0 heterocycles. The maximum absolute atomic E-state index is 11.4. The first kappa shape index (κ1) is 13.9. The van der Waals surface area contributed by atoms with Crippen molar-refractivity contribution in [1.82, 2.24) is 0 Å². The molecule has 0 saturated heterocycles. The summed E-state index contributed by atoms with van der Waals surface area (Å²) in [6.45, 7) is 2.78. The Morgan fingerprint density at radius 1 is 1.15 bits per heavy atom. The normalized spacial score (nSPS) is 10.2. The van der Waals surface area contributed by atoms with Crippen LogP contribution in [0.5, 0.6) is 0 Å². The lowest BCUT2D eigenvalue weighted by atomic mass is 10.1. The molecule has 2 rings (SSSR count). The van der Waals surface area contributed by atoms with Crippen molar-refractivity contribution in [2.45, 2.75) is 13.3 Å². The van der Waals surface area contributed by atoms with E-state index in [2.05, 4.69) is 24.4 Å². The number of anilines is 2. The van der Waals surface area contributed by atoms with Crippen molar-refractivity contribution in [1.29, 1.82) is 0 Å². The van der Waals surface area contributed by atoms with Gasteiger partial charge in [-0.1, -0.05) is 30.3 Å².